The van der Waals surface area contributed by atoms with Crippen LogP contribution in [0.1, 0.15) is 17.3 Å². The first-order valence-electron chi connectivity index (χ1n) is 4.68. The summed E-state index contributed by atoms with van der Waals surface area (Å²) < 4.78 is 27.5. The van der Waals surface area contributed by atoms with Gasteiger partial charge >= 0.3 is 0 Å². The smallest absolute Gasteiger partial charge is 0.255 e. The summed E-state index contributed by atoms with van der Waals surface area (Å²) in [7, 11) is -3.04. The van der Waals surface area contributed by atoms with Crippen molar-refractivity contribution >= 4 is 31.7 Å². The minimum atomic E-state index is -3.04. The lowest BCUT2D eigenvalue weighted by molar-refractivity contribution is 0.0954. The first kappa shape index (κ1) is 13.2. The van der Waals surface area contributed by atoms with E-state index in [1.807, 2.05) is 0 Å². The molecule has 5 nitrogen and oxygen atoms in total. The third-order valence-corrected chi connectivity index (χ3v) is 4.32. The van der Waals surface area contributed by atoms with Gasteiger partial charge < -0.3 is 9.73 Å². The van der Waals surface area contributed by atoms with Crippen molar-refractivity contribution in [1.82, 2.24) is 5.32 Å². The van der Waals surface area contributed by atoms with E-state index < -0.39 is 9.84 Å². The summed E-state index contributed by atoms with van der Waals surface area (Å²) in [5, 5.41) is 2.51. The van der Waals surface area contributed by atoms with Crippen molar-refractivity contribution in [3.8, 4) is 0 Å². The largest absolute Gasteiger partial charge is 0.457 e. The summed E-state index contributed by atoms with van der Waals surface area (Å²) in [4.78, 5) is 11.5. The molecule has 0 radical (unpaired) electrons. The van der Waals surface area contributed by atoms with Crippen LogP contribution in [0.5, 0.6) is 0 Å². The molecule has 0 atom stereocenters. The van der Waals surface area contributed by atoms with Crippen molar-refractivity contribution in [2.45, 2.75) is 6.92 Å². The van der Waals surface area contributed by atoms with Crippen LogP contribution in [0.3, 0.4) is 0 Å². The van der Waals surface area contributed by atoms with Crippen molar-refractivity contribution in [3.05, 3.63) is 22.6 Å². The van der Waals surface area contributed by atoms with Crippen molar-refractivity contribution in [3.63, 3.8) is 0 Å². The molecule has 1 heterocycles. The van der Waals surface area contributed by atoms with Gasteiger partial charge in [0.2, 0.25) is 0 Å². The summed E-state index contributed by atoms with van der Waals surface area (Å²) in [6.07, 6.45) is 1.38. The standard InChI is InChI=1S/C9H12BrNO4S/c1-2-16(13,14)6-4-11-9(12)7-3-5-15-8(7)10/h3,5H,2,4,6H2,1H3,(H,11,12). The highest BCUT2D eigenvalue weighted by molar-refractivity contribution is 9.10. The third kappa shape index (κ3) is 3.64. The number of sulfone groups is 1. The Morgan fingerprint density at radius 2 is 2.25 bits per heavy atom. The molecule has 0 aliphatic heterocycles. The second kappa shape index (κ2) is 5.49. The number of halogens is 1. The zero-order chi connectivity index (χ0) is 12.2. The van der Waals surface area contributed by atoms with E-state index in [1.54, 1.807) is 6.92 Å². The van der Waals surface area contributed by atoms with Gasteiger partial charge in [0.05, 0.1) is 17.6 Å². The molecule has 16 heavy (non-hydrogen) atoms. The number of carbonyl (C=O) groups excluding carboxylic acids is 1. The highest BCUT2D eigenvalue weighted by Gasteiger charge is 2.13. The Labute approximate surface area is 102 Å². The molecule has 1 N–H and O–H groups in total. The molecule has 0 bridgehead atoms. The molecule has 7 heteroatoms. The van der Waals surface area contributed by atoms with Crippen LogP contribution in [0.15, 0.2) is 21.4 Å². The lowest BCUT2D eigenvalue weighted by atomic mass is 10.3. The van der Waals surface area contributed by atoms with Crippen molar-refractivity contribution in [2.24, 2.45) is 0 Å². The molecular weight excluding hydrogens is 298 g/mol. The van der Waals surface area contributed by atoms with Gasteiger partial charge in [-0.3, -0.25) is 4.79 Å². The second-order valence-corrected chi connectivity index (χ2v) is 6.29. The van der Waals surface area contributed by atoms with Gasteiger partial charge in [-0.2, -0.15) is 0 Å². The monoisotopic (exact) mass is 309 g/mol. The van der Waals surface area contributed by atoms with Gasteiger partial charge in [0.25, 0.3) is 5.91 Å². The Balaban J connectivity index is 2.46. The number of nitrogens with one attached hydrogen (secondary N) is 1. The summed E-state index contributed by atoms with van der Waals surface area (Å²) >= 11 is 3.07. The Bertz CT molecular complexity index is 466. The molecule has 0 aromatic carbocycles. The maximum Gasteiger partial charge on any atom is 0.255 e. The molecular formula is C9H12BrNO4S. The van der Waals surface area contributed by atoms with Crippen molar-refractivity contribution in [1.29, 1.82) is 0 Å². The van der Waals surface area contributed by atoms with E-state index in [0.717, 1.165) is 0 Å². The number of furan rings is 1. The predicted octanol–water partition coefficient (Wildman–Crippen LogP) is 1.21. The van der Waals surface area contributed by atoms with Gasteiger partial charge in [0.15, 0.2) is 14.5 Å². The van der Waals surface area contributed by atoms with E-state index in [4.69, 9.17) is 4.42 Å². The average molecular weight is 310 g/mol. The molecule has 0 aliphatic carbocycles. The third-order valence-electron chi connectivity index (χ3n) is 2.00. The van der Waals surface area contributed by atoms with Crippen LogP contribution in [-0.2, 0) is 9.84 Å². The molecule has 90 valence electrons. The lowest BCUT2D eigenvalue weighted by Crippen LogP contribution is -2.29. The Morgan fingerprint density at radius 1 is 1.56 bits per heavy atom. The molecule has 1 aromatic rings. The Hall–Kier alpha value is -0.820. The number of hydrogen-bond donors (Lipinski definition) is 1. The van der Waals surface area contributed by atoms with Crippen LogP contribution in [0, 0.1) is 0 Å². The quantitative estimate of drug-likeness (QED) is 0.887. The van der Waals surface area contributed by atoms with E-state index >= 15 is 0 Å². The molecule has 0 saturated heterocycles. The molecule has 1 amide bonds. The van der Waals surface area contributed by atoms with E-state index in [2.05, 4.69) is 21.2 Å². The maximum absolute atomic E-state index is 11.5. The first-order chi connectivity index (χ1) is 7.46. The fraction of sp³-hybridized carbons (Fsp3) is 0.444. The van der Waals surface area contributed by atoms with Crippen LogP contribution < -0.4 is 5.32 Å². The molecule has 0 fully saturated rings. The number of rotatable bonds is 5. The van der Waals surface area contributed by atoms with Crippen molar-refractivity contribution < 1.29 is 17.6 Å². The second-order valence-electron chi connectivity index (χ2n) is 3.10. The molecule has 0 aliphatic rings. The number of carbonyl (C=O) groups is 1. The Morgan fingerprint density at radius 3 is 2.75 bits per heavy atom. The van der Waals surface area contributed by atoms with E-state index in [0.29, 0.717) is 10.2 Å². The average Bonchev–Trinajstić information content (AvgIpc) is 2.64. The lowest BCUT2D eigenvalue weighted by Gasteiger charge is -2.03. The van der Waals surface area contributed by atoms with E-state index in [9.17, 15) is 13.2 Å². The normalized spacial score (nSPS) is 11.4. The van der Waals surface area contributed by atoms with Gasteiger partial charge in [0.1, 0.15) is 0 Å². The van der Waals surface area contributed by atoms with Crippen LogP contribution in [-0.4, -0.2) is 32.4 Å². The van der Waals surface area contributed by atoms with Crippen LogP contribution in [0.2, 0.25) is 0 Å². The summed E-state index contributed by atoms with van der Waals surface area (Å²) in [6, 6.07) is 1.51. The minimum absolute atomic E-state index is 0.0509. The van der Waals surface area contributed by atoms with Gasteiger partial charge in [-0.1, -0.05) is 6.92 Å². The first-order valence-corrected chi connectivity index (χ1v) is 7.29. The Kier molecular flexibility index (Phi) is 4.55. The predicted molar refractivity (Wildman–Crippen MR) is 63.1 cm³/mol. The number of amides is 1. The van der Waals surface area contributed by atoms with Crippen LogP contribution in [0.25, 0.3) is 0 Å². The summed E-state index contributed by atoms with van der Waals surface area (Å²) in [5.74, 6) is -0.324. The number of hydrogen-bond acceptors (Lipinski definition) is 4. The van der Waals surface area contributed by atoms with Gasteiger partial charge in [-0.25, -0.2) is 8.42 Å². The fourth-order valence-corrected chi connectivity index (χ4v) is 2.14. The van der Waals surface area contributed by atoms with Gasteiger partial charge in [-0.05, 0) is 22.0 Å². The zero-order valence-electron chi connectivity index (χ0n) is 8.70. The molecule has 1 rings (SSSR count). The SMILES string of the molecule is CCS(=O)(=O)CCNC(=O)c1ccoc1Br. The van der Waals surface area contributed by atoms with Gasteiger partial charge in [-0.15, -0.1) is 0 Å². The molecule has 1 aromatic heterocycles. The highest BCUT2D eigenvalue weighted by Crippen LogP contribution is 2.16. The summed E-state index contributed by atoms with van der Waals surface area (Å²) in [6.45, 7) is 1.68. The van der Waals surface area contributed by atoms with E-state index in [1.165, 1.54) is 12.3 Å². The molecule has 0 unspecified atom stereocenters. The minimum Gasteiger partial charge on any atom is -0.457 e. The maximum atomic E-state index is 11.5. The van der Waals surface area contributed by atoms with Gasteiger partial charge in [0, 0.05) is 12.3 Å². The van der Waals surface area contributed by atoms with Crippen molar-refractivity contribution in [2.75, 3.05) is 18.1 Å². The van der Waals surface area contributed by atoms with Crippen LogP contribution in [0.4, 0.5) is 0 Å². The topological polar surface area (TPSA) is 76.4 Å². The highest BCUT2D eigenvalue weighted by atomic mass is 79.9. The zero-order valence-corrected chi connectivity index (χ0v) is 11.1. The van der Waals surface area contributed by atoms with Crippen LogP contribution >= 0.6 is 15.9 Å². The molecule has 0 spiro atoms. The molecule has 0 saturated carbocycles. The van der Waals surface area contributed by atoms with E-state index in [-0.39, 0.29) is 24.0 Å². The fourth-order valence-electron chi connectivity index (χ4n) is 1.02. The summed E-state index contributed by atoms with van der Waals surface area (Å²) in [5.41, 5.74) is 0.355.